The average molecular weight is 295 g/mol. The van der Waals surface area contributed by atoms with Gasteiger partial charge in [0.15, 0.2) is 0 Å². The molecular formula is C14H19BrN2. The zero-order chi connectivity index (χ0) is 11.7. The molecule has 1 saturated heterocycles. The van der Waals surface area contributed by atoms with E-state index in [1.165, 1.54) is 31.5 Å². The van der Waals surface area contributed by atoms with Gasteiger partial charge in [-0.3, -0.25) is 4.90 Å². The van der Waals surface area contributed by atoms with Crippen molar-refractivity contribution in [2.24, 2.45) is 5.92 Å². The van der Waals surface area contributed by atoms with Gasteiger partial charge in [0.1, 0.15) is 0 Å². The van der Waals surface area contributed by atoms with E-state index >= 15 is 0 Å². The van der Waals surface area contributed by atoms with Crippen molar-refractivity contribution in [2.75, 3.05) is 19.6 Å². The number of nitrogens with zero attached hydrogens (tertiary/aromatic N) is 1. The van der Waals surface area contributed by atoms with Crippen LogP contribution in [0.2, 0.25) is 0 Å². The van der Waals surface area contributed by atoms with Crippen molar-refractivity contribution in [2.45, 2.75) is 25.4 Å². The Morgan fingerprint density at radius 1 is 1.24 bits per heavy atom. The summed E-state index contributed by atoms with van der Waals surface area (Å²) >= 11 is 3.48. The van der Waals surface area contributed by atoms with Gasteiger partial charge in [0, 0.05) is 36.7 Å². The van der Waals surface area contributed by atoms with E-state index < -0.39 is 0 Å². The van der Waals surface area contributed by atoms with Crippen molar-refractivity contribution < 1.29 is 0 Å². The van der Waals surface area contributed by atoms with Crippen molar-refractivity contribution in [1.29, 1.82) is 0 Å². The molecule has 1 heterocycles. The minimum atomic E-state index is 0.749. The van der Waals surface area contributed by atoms with Crippen LogP contribution in [0.15, 0.2) is 28.7 Å². The monoisotopic (exact) mass is 294 g/mol. The Balaban J connectivity index is 1.58. The maximum atomic E-state index is 3.66. The second-order valence-electron chi connectivity index (χ2n) is 5.26. The summed E-state index contributed by atoms with van der Waals surface area (Å²) in [4.78, 5) is 2.59. The summed E-state index contributed by atoms with van der Waals surface area (Å²) in [6.45, 7) is 4.65. The van der Waals surface area contributed by atoms with Crippen molar-refractivity contribution in [3.05, 3.63) is 34.3 Å². The summed E-state index contributed by atoms with van der Waals surface area (Å²) in [6.07, 6.45) is 2.87. The topological polar surface area (TPSA) is 15.3 Å². The molecule has 1 aromatic carbocycles. The number of benzene rings is 1. The van der Waals surface area contributed by atoms with Gasteiger partial charge in [-0.25, -0.2) is 0 Å². The summed E-state index contributed by atoms with van der Waals surface area (Å²) in [5, 5.41) is 3.66. The van der Waals surface area contributed by atoms with Crippen molar-refractivity contribution in [3.63, 3.8) is 0 Å². The minimum absolute atomic E-state index is 0.749. The molecule has 3 rings (SSSR count). The highest BCUT2D eigenvalue weighted by atomic mass is 79.9. The predicted octanol–water partition coefficient (Wildman–Crippen LogP) is 2.63. The third-order valence-corrected chi connectivity index (χ3v) is 4.33. The van der Waals surface area contributed by atoms with E-state index in [-0.39, 0.29) is 0 Å². The molecule has 1 aromatic rings. The standard InChI is InChI=1S/C14H19BrN2/c15-13-5-1-11(2-6-13)9-17-8-7-16-14(10-17)12-3-4-12/h1-2,5-6,12,14,16H,3-4,7-10H2. The van der Waals surface area contributed by atoms with Crippen molar-refractivity contribution in [3.8, 4) is 0 Å². The number of piperazine rings is 1. The first-order valence-electron chi connectivity index (χ1n) is 6.51. The molecule has 0 aromatic heterocycles. The number of nitrogens with one attached hydrogen (secondary N) is 1. The highest BCUT2D eigenvalue weighted by Crippen LogP contribution is 2.33. The van der Waals surface area contributed by atoms with E-state index in [0.717, 1.165) is 29.5 Å². The zero-order valence-corrected chi connectivity index (χ0v) is 11.6. The van der Waals surface area contributed by atoms with Gasteiger partial charge in [-0.2, -0.15) is 0 Å². The van der Waals surface area contributed by atoms with Crippen LogP contribution >= 0.6 is 15.9 Å². The van der Waals surface area contributed by atoms with E-state index in [1.54, 1.807) is 0 Å². The van der Waals surface area contributed by atoms with Crippen molar-refractivity contribution >= 4 is 15.9 Å². The molecule has 0 spiro atoms. The van der Waals surface area contributed by atoms with Crippen LogP contribution in [0, 0.1) is 5.92 Å². The lowest BCUT2D eigenvalue weighted by Crippen LogP contribution is -2.51. The summed E-state index contributed by atoms with van der Waals surface area (Å²) < 4.78 is 1.16. The highest BCUT2D eigenvalue weighted by molar-refractivity contribution is 9.10. The lowest BCUT2D eigenvalue weighted by molar-refractivity contribution is 0.181. The molecule has 1 saturated carbocycles. The average Bonchev–Trinajstić information content (AvgIpc) is 3.17. The Hall–Kier alpha value is -0.380. The highest BCUT2D eigenvalue weighted by Gasteiger charge is 2.33. The van der Waals surface area contributed by atoms with Crippen LogP contribution in [-0.4, -0.2) is 30.6 Å². The molecule has 1 aliphatic carbocycles. The van der Waals surface area contributed by atoms with Crippen molar-refractivity contribution in [1.82, 2.24) is 10.2 Å². The van der Waals surface area contributed by atoms with Gasteiger partial charge in [0.2, 0.25) is 0 Å². The largest absolute Gasteiger partial charge is 0.311 e. The first kappa shape index (κ1) is 11.7. The Bertz CT molecular complexity index is 372. The maximum absolute atomic E-state index is 3.66. The Morgan fingerprint density at radius 2 is 2.00 bits per heavy atom. The smallest absolute Gasteiger partial charge is 0.0234 e. The lowest BCUT2D eigenvalue weighted by Gasteiger charge is -2.33. The molecule has 92 valence electrons. The predicted molar refractivity (Wildman–Crippen MR) is 73.9 cm³/mol. The molecule has 2 fully saturated rings. The molecule has 2 nitrogen and oxygen atoms in total. The first-order chi connectivity index (χ1) is 8.31. The molecule has 1 atom stereocenters. The Morgan fingerprint density at radius 3 is 2.71 bits per heavy atom. The number of rotatable bonds is 3. The van der Waals surface area contributed by atoms with Crippen LogP contribution < -0.4 is 5.32 Å². The molecule has 1 N–H and O–H groups in total. The summed E-state index contributed by atoms with van der Waals surface area (Å²) in [7, 11) is 0. The van der Waals surface area contributed by atoms with Crippen LogP contribution in [0.1, 0.15) is 18.4 Å². The van der Waals surface area contributed by atoms with E-state index in [1.807, 2.05) is 0 Å². The molecule has 3 heteroatoms. The van der Waals surface area contributed by atoms with Gasteiger partial charge in [0.05, 0.1) is 0 Å². The molecule has 1 unspecified atom stereocenters. The van der Waals surface area contributed by atoms with Gasteiger partial charge in [-0.15, -0.1) is 0 Å². The summed E-state index contributed by atoms with van der Waals surface area (Å²) in [5.41, 5.74) is 1.42. The van der Waals surface area contributed by atoms with E-state index in [4.69, 9.17) is 0 Å². The fourth-order valence-electron chi connectivity index (χ4n) is 2.65. The second-order valence-corrected chi connectivity index (χ2v) is 6.18. The van der Waals surface area contributed by atoms with Crippen LogP contribution in [0.5, 0.6) is 0 Å². The fraction of sp³-hybridized carbons (Fsp3) is 0.571. The van der Waals surface area contributed by atoms with E-state index in [9.17, 15) is 0 Å². The van der Waals surface area contributed by atoms with Crippen LogP contribution in [0.3, 0.4) is 0 Å². The van der Waals surface area contributed by atoms with E-state index in [0.29, 0.717) is 0 Å². The Kier molecular flexibility index (Phi) is 3.50. The van der Waals surface area contributed by atoms with Gasteiger partial charge < -0.3 is 5.32 Å². The second kappa shape index (κ2) is 5.09. The summed E-state index contributed by atoms with van der Waals surface area (Å²) in [6, 6.07) is 9.46. The third kappa shape index (κ3) is 3.09. The van der Waals surface area contributed by atoms with Gasteiger partial charge in [0.25, 0.3) is 0 Å². The quantitative estimate of drug-likeness (QED) is 0.922. The van der Waals surface area contributed by atoms with Crippen LogP contribution in [0.25, 0.3) is 0 Å². The minimum Gasteiger partial charge on any atom is -0.311 e. The molecule has 0 amide bonds. The van der Waals surface area contributed by atoms with E-state index in [2.05, 4.69) is 50.4 Å². The fourth-order valence-corrected chi connectivity index (χ4v) is 2.91. The SMILES string of the molecule is Brc1ccc(CN2CCNC(C3CC3)C2)cc1. The molecule has 1 aliphatic heterocycles. The molecule has 0 radical (unpaired) electrons. The molecule has 0 bridgehead atoms. The maximum Gasteiger partial charge on any atom is 0.0234 e. The lowest BCUT2D eigenvalue weighted by atomic mass is 10.1. The third-order valence-electron chi connectivity index (χ3n) is 3.80. The normalized spacial score (nSPS) is 26.1. The van der Waals surface area contributed by atoms with Crippen LogP contribution in [-0.2, 0) is 6.54 Å². The summed E-state index contributed by atoms with van der Waals surface area (Å²) in [5.74, 6) is 0.961. The van der Waals surface area contributed by atoms with Gasteiger partial charge in [-0.1, -0.05) is 28.1 Å². The molecule has 17 heavy (non-hydrogen) atoms. The first-order valence-corrected chi connectivity index (χ1v) is 7.31. The van der Waals surface area contributed by atoms with Gasteiger partial charge >= 0.3 is 0 Å². The molecular weight excluding hydrogens is 276 g/mol. The number of hydrogen-bond acceptors (Lipinski definition) is 2. The Labute approximate surface area is 112 Å². The van der Waals surface area contributed by atoms with Crippen LogP contribution in [0.4, 0.5) is 0 Å². The molecule has 2 aliphatic rings. The van der Waals surface area contributed by atoms with Gasteiger partial charge in [-0.05, 0) is 36.5 Å². The zero-order valence-electron chi connectivity index (χ0n) is 10.0. The number of hydrogen-bond donors (Lipinski definition) is 1. The number of halogens is 1.